The Morgan fingerprint density at radius 3 is 2.51 bits per heavy atom. The Hall–Kier alpha value is -4.49. The molecule has 5 rings (SSSR count). The van der Waals surface area contributed by atoms with Crippen LogP contribution in [0.5, 0.6) is 0 Å². The number of carbonyl (C=O) groups is 2. The summed E-state index contributed by atoms with van der Waals surface area (Å²) >= 11 is 0. The first kappa shape index (κ1) is 30.0. The van der Waals surface area contributed by atoms with E-state index in [-0.39, 0.29) is 24.0 Å². The van der Waals surface area contributed by atoms with Gasteiger partial charge in [0, 0.05) is 67.3 Å². The van der Waals surface area contributed by atoms with Gasteiger partial charge in [0.2, 0.25) is 5.95 Å². The van der Waals surface area contributed by atoms with E-state index >= 15 is 0 Å². The maximum atomic E-state index is 12.1. The number of likely N-dealkylation sites (tertiary alicyclic amines) is 1. The number of nitrogens with zero attached hydrogens (tertiary/aromatic N) is 5. The lowest BCUT2D eigenvalue weighted by Crippen LogP contribution is -2.48. The number of piperidine rings is 1. The first-order chi connectivity index (χ1) is 20.9. The normalized spacial score (nSPS) is 16.7. The number of ether oxygens (including phenoxy) is 1. The van der Waals surface area contributed by atoms with Crippen molar-refractivity contribution in [2.45, 2.75) is 57.6 Å². The molecule has 3 heterocycles. The summed E-state index contributed by atoms with van der Waals surface area (Å²) in [5, 5.41) is 14.5. The maximum Gasteiger partial charge on any atom is 0.306 e. The molecule has 10 nitrogen and oxygen atoms in total. The van der Waals surface area contributed by atoms with E-state index in [1.54, 1.807) is 18.3 Å². The molecule has 43 heavy (non-hydrogen) atoms. The minimum atomic E-state index is -0.285. The molecule has 1 amide bonds. The molecule has 0 radical (unpaired) electrons. The van der Waals surface area contributed by atoms with Crippen molar-refractivity contribution in [3.05, 3.63) is 66.4 Å². The molecule has 224 valence electrons. The van der Waals surface area contributed by atoms with Gasteiger partial charge in [-0.05, 0) is 82.0 Å². The summed E-state index contributed by atoms with van der Waals surface area (Å²) in [6.45, 7) is 8.30. The predicted molar refractivity (Wildman–Crippen MR) is 166 cm³/mol. The molecule has 0 saturated carbocycles. The monoisotopic (exact) mass is 581 g/mol. The highest BCUT2D eigenvalue weighted by Gasteiger charge is 2.43. The molecular weight excluding hydrogens is 542 g/mol. The van der Waals surface area contributed by atoms with E-state index in [0.29, 0.717) is 24.0 Å². The zero-order chi connectivity index (χ0) is 30.2. The summed E-state index contributed by atoms with van der Waals surface area (Å²) in [5.41, 5.74) is 3.94. The van der Waals surface area contributed by atoms with E-state index in [1.165, 1.54) is 5.69 Å². The Morgan fingerprint density at radius 1 is 1.12 bits per heavy atom. The summed E-state index contributed by atoms with van der Waals surface area (Å²) in [7, 11) is 0. The average Bonchev–Trinajstić information content (AvgIpc) is 3.40. The average molecular weight is 582 g/mol. The van der Waals surface area contributed by atoms with Crippen LogP contribution >= 0.6 is 0 Å². The smallest absolute Gasteiger partial charge is 0.306 e. The van der Waals surface area contributed by atoms with Gasteiger partial charge in [0.05, 0.1) is 11.8 Å². The third-order valence-electron chi connectivity index (χ3n) is 8.56. The topological polar surface area (TPSA) is 123 Å². The molecule has 10 heteroatoms. The number of nitrogens with one attached hydrogen (secondary N) is 2. The first-order valence-corrected chi connectivity index (χ1v) is 15.0. The molecule has 3 aromatic rings. The lowest BCUT2D eigenvalue weighted by molar-refractivity contribution is -0.152. The first-order valence-electron chi connectivity index (χ1n) is 15.0. The van der Waals surface area contributed by atoms with Gasteiger partial charge >= 0.3 is 5.97 Å². The van der Waals surface area contributed by atoms with Crippen molar-refractivity contribution in [1.82, 2.24) is 20.2 Å². The summed E-state index contributed by atoms with van der Waals surface area (Å²) in [6, 6.07) is 19.6. The van der Waals surface area contributed by atoms with Gasteiger partial charge in [0.15, 0.2) is 0 Å². The van der Waals surface area contributed by atoms with Gasteiger partial charge in [0.25, 0.3) is 5.91 Å². The highest BCUT2D eigenvalue weighted by molar-refractivity contribution is 5.94. The van der Waals surface area contributed by atoms with Gasteiger partial charge in [-0.1, -0.05) is 12.1 Å². The number of nitriles is 1. The molecule has 1 atom stereocenters. The number of carbonyl (C=O) groups excluding carboxylic acids is 2. The highest BCUT2D eigenvalue weighted by atomic mass is 16.6. The summed E-state index contributed by atoms with van der Waals surface area (Å²) in [6.07, 6.45) is 6.09. The largest absolute Gasteiger partial charge is 0.459 e. The number of hydrogen-bond acceptors (Lipinski definition) is 9. The number of hydrogen-bond donors (Lipinski definition) is 2. The minimum Gasteiger partial charge on any atom is -0.459 e. The van der Waals surface area contributed by atoms with E-state index in [4.69, 9.17) is 10.00 Å². The zero-order valence-corrected chi connectivity index (χ0v) is 24.9. The van der Waals surface area contributed by atoms with Crippen LogP contribution in [0.2, 0.25) is 0 Å². The lowest BCUT2D eigenvalue weighted by Gasteiger charge is -2.41. The van der Waals surface area contributed by atoms with Crippen LogP contribution in [0.3, 0.4) is 0 Å². The fourth-order valence-electron chi connectivity index (χ4n) is 5.87. The molecule has 1 unspecified atom stereocenters. The molecule has 2 fully saturated rings. The van der Waals surface area contributed by atoms with Crippen LogP contribution in [0.1, 0.15) is 56.3 Å². The van der Waals surface area contributed by atoms with E-state index in [2.05, 4.69) is 56.4 Å². The quantitative estimate of drug-likeness (QED) is 0.240. The van der Waals surface area contributed by atoms with Crippen LogP contribution in [-0.2, 0) is 9.53 Å². The van der Waals surface area contributed by atoms with Crippen LogP contribution < -0.4 is 15.5 Å². The lowest BCUT2D eigenvalue weighted by atomic mass is 9.88. The molecule has 0 aliphatic carbocycles. The van der Waals surface area contributed by atoms with Crippen molar-refractivity contribution in [3.8, 4) is 17.3 Å². The minimum absolute atomic E-state index is 0.0283. The van der Waals surface area contributed by atoms with E-state index in [0.717, 1.165) is 68.8 Å². The molecule has 2 aromatic carbocycles. The molecular formula is C33H39N7O3. The van der Waals surface area contributed by atoms with Gasteiger partial charge in [-0.15, -0.1) is 0 Å². The van der Waals surface area contributed by atoms with Gasteiger partial charge in [-0.2, -0.15) is 5.26 Å². The third-order valence-corrected chi connectivity index (χ3v) is 8.56. The molecule has 1 spiro atoms. The number of benzene rings is 2. The van der Waals surface area contributed by atoms with Crippen LogP contribution in [0.4, 0.5) is 17.3 Å². The van der Waals surface area contributed by atoms with Gasteiger partial charge < -0.3 is 25.2 Å². The van der Waals surface area contributed by atoms with Crippen molar-refractivity contribution in [2.24, 2.45) is 0 Å². The zero-order valence-electron chi connectivity index (χ0n) is 24.9. The van der Waals surface area contributed by atoms with Crippen LogP contribution in [-0.4, -0.2) is 71.1 Å². The van der Waals surface area contributed by atoms with Gasteiger partial charge in [-0.25, -0.2) is 9.97 Å². The summed E-state index contributed by atoms with van der Waals surface area (Å²) in [5.74, 6) is 0.163. The van der Waals surface area contributed by atoms with Crippen molar-refractivity contribution in [1.29, 1.82) is 5.26 Å². The number of amides is 1. The van der Waals surface area contributed by atoms with E-state index in [9.17, 15) is 9.59 Å². The second-order valence-electron chi connectivity index (χ2n) is 11.3. The van der Waals surface area contributed by atoms with Crippen molar-refractivity contribution >= 4 is 29.2 Å². The Kier molecular flexibility index (Phi) is 9.52. The number of aromatic nitrogens is 2. The Labute approximate surface area is 253 Å². The van der Waals surface area contributed by atoms with Gasteiger partial charge in [-0.3, -0.25) is 9.59 Å². The van der Waals surface area contributed by atoms with Crippen molar-refractivity contribution in [2.75, 3.05) is 42.9 Å². The Balaban J connectivity index is 1.13. The second kappa shape index (κ2) is 13.7. The fourth-order valence-corrected chi connectivity index (χ4v) is 5.87. The molecule has 2 aliphatic heterocycles. The summed E-state index contributed by atoms with van der Waals surface area (Å²) in [4.78, 5) is 37.7. The van der Waals surface area contributed by atoms with E-state index in [1.807, 2.05) is 36.4 Å². The Morgan fingerprint density at radius 2 is 1.86 bits per heavy atom. The molecule has 2 saturated heterocycles. The van der Waals surface area contributed by atoms with Crippen molar-refractivity contribution in [3.63, 3.8) is 0 Å². The van der Waals surface area contributed by atoms with Crippen LogP contribution in [0, 0.1) is 11.3 Å². The SMILES string of the molecule is CCN(CCC(C)N1CCC2(CCC(=O)O2)CC1)c1ccc(Nc2nccc(-c3ccc(C(=O)NCC#N)cc3)n2)cc1. The predicted octanol–water partition coefficient (Wildman–Crippen LogP) is 4.92. The van der Waals surface area contributed by atoms with Crippen molar-refractivity contribution < 1.29 is 14.3 Å². The maximum absolute atomic E-state index is 12.1. The fraction of sp³-hybridized carbons (Fsp3) is 0.424. The van der Waals surface area contributed by atoms with Gasteiger partial charge in [0.1, 0.15) is 12.1 Å². The summed E-state index contributed by atoms with van der Waals surface area (Å²) < 4.78 is 5.68. The standard InChI is InChI=1S/C33H39N7O3/c1-3-39(21-14-24(2)40-22-16-33(17-23-40)15-12-30(41)43-33)28-10-8-27(9-11-28)37-32-36-19-13-29(38-32)25-4-6-26(7-5-25)31(42)35-20-18-34/h4-11,13,19,24H,3,12,14-17,20-23H2,1-2H3,(H,35,42)(H,36,37,38). The number of esters is 1. The molecule has 1 aromatic heterocycles. The highest BCUT2D eigenvalue weighted by Crippen LogP contribution is 2.37. The second-order valence-corrected chi connectivity index (χ2v) is 11.3. The Bertz CT molecular complexity index is 1440. The van der Waals surface area contributed by atoms with Crippen LogP contribution in [0.15, 0.2) is 60.8 Å². The third kappa shape index (κ3) is 7.48. The molecule has 2 N–H and O–H groups in total. The van der Waals surface area contributed by atoms with Crippen LogP contribution in [0.25, 0.3) is 11.3 Å². The molecule has 0 bridgehead atoms. The number of anilines is 3. The number of rotatable bonds is 11. The molecule has 2 aliphatic rings. The van der Waals surface area contributed by atoms with E-state index < -0.39 is 0 Å².